The van der Waals surface area contributed by atoms with Crippen LogP contribution in [-0.2, 0) is 0 Å². The molecule has 3 nitrogen and oxygen atoms in total. The van der Waals surface area contributed by atoms with E-state index in [4.69, 9.17) is 5.11 Å². The summed E-state index contributed by atoms with van der Waals surface area (Å²) >= 11 is 3.25. The average Bonchev–Trinajstić information content (AvgIpc) is 2.05. The van der Waals surface area contributed by atoms with E-state index in [9.17, 15) is 5.11 Å². The lowest BCUT2D eigenvalue weighted by Gasteiger charge is -2.07. The summed E-state index contributed by atoms with van der Waals surface area (Å²) in [5.74, 6) is 0. The van der Waals surface area contributed by atoms with Gasteiger partial charge in [-0.3, -0.25) is 4.98 Å². The van der Waals surface area contributed by atoms with Gasteiger partial charge >= 0.3 is 0 Å². The first-order valence-electron chi connectivity index (χ1n) is 3.63. The monoisotopic (exact) mass is 231 g/mol. The predicted octanol–water partition coefficient (Wildman–Crippen LogP) is 1.26. The SMILES string of the molecule is OCCC(O)c1cncc(Br)c1. The van der Waals surface area contributed by atoms with E-state index >= 15 is 0 Å². The van der Waals surface area contributed by atoms with Crippen molar-refractivity contribution in [1.29, 1.82) is 0 Å². The zero-order valence-corrected chi connectivity index (χ0v) is 8.03. The number of nitrogens with zero attached hydrogens (tertiary/aromatic N) is 1. The number of hydrogen-bond acceptors (Lipinski definition) is 3. The van der Waals surface area contributed by atoms with Crippen molar-refractivity contribution in [2.45, 2.75) is 12.5 Å². The van der Waals surface area contributed by atoms with Gasteiger partial charge in [0.25, 0.3) is 0 Å². The van der Waals surface area contributed by atoms with E-state index in [0.717, 1.165) is 10.0 Å². The molecule has 1 rings (SSSR count). The lowest BCUT2D eigenvalue weighted by atomic mass is 10.1. The summed E-state index contributed by atoms with van der Waals surface area (Å²) in [7, 11) is 0. The normalized spacial score (nSPS) is 12.9. The van der Waals surface area contributed by atoms with Crippen molar-refractivity contribution >= 4 is 15.9 Å². The number of hydrogen-bond donors (Lipinski definition) is 2. The van der Waals surface area contributed by atoms with Crippen molar-refractivity contribution in [3.8, 4) is 0 Å². The van der Waals surface area contributed by atoms with Crippen molar-refractivity contribution in [1.82, 2.24) is 4.98 Å². The fourth-order valence-electron chi connectivity index (χ4n) is 0.899. The van der Waals surface area contributed by atoms with Gasteiger partial charge in [-0.2, -0.15) is 0 Å². The quantitative estimate of drug-likeness (QED) is 0.824. The first-order chi connectivity index (χ1) is 5.74. The van der Waals surface area contributed by atoms with Gasteiger partial charge in [0.1, 0.15) is 0 Å². The molecule has 0 fully saturated rings. The van der Waals surface area contributed by atoms with Crippen molar-refractivity contribution in [2.24, 2.45) is 0 Å². The number of aliphatic hydroxyl groups excluding tert-OH is 2. The van der Waals surface area contributed by atoms with Gasteiger partial charge < -0.3 is 10.2 Å². The van der Waals surface area contributed by atoms with E-state index in [1.165, 1.54) is 0 Å². The highest BCUT2D eigenvalue weighted by Gasteiger charge is 2.06. The van der Waals surface area contributed by atoms with Crippen LogP contribution in [-0.4, -0.2) is 21.8 Å². The van der Waals surface area contributed by atoms with Crippen molar-refractivity contribution < 1.29 is 10.2 Å². The van der Waals surface area contributed by atoms with E-state index in [2.05, 4.69) is 20.9 Å². The Morgan fingerprint density at radius 2 is 2.25 bits per heavy atom. The van der Waals surface area contributed by atoms with Crippen molar-refractivity contribution in [3.05, 3.63) is 28.5 Å². The van der Waals surface area contributed by atoms with E-state index in [1.807, 2.05) is 0 Å². The van der Waals surface area contributed by atoms with Gasteiger partial charge in [-0.1, -0.05) is 0 Å². The Balaban J connectivity index is 2.73. The van der Waals surface area contributed by atoms with Gasteiger partial charge in [0.15, 0.2) is 0 Å². The molecule has 1 unspecified atom stereocenters. The second-order valence-electron chi connectivity index (χ2n) is 2.46. The van der Waals surface area contributed by atoms with Crippen LogP contribution in [0.1, 0.15) is 18.1 Å². The zero-order chi connectivity index (χ0) is 8.97. The molecule has 0 aliphatic rings. The van der Waals surface area contributed by atoms with Crippen LogP contribution in [0, 0.1) is 0 Å². The molecular formula is C8H10BrNO2. The molecule has 1 heterocycles. The van der Waals surface area contributed by atoms with Gasteiger partial charge in [-0.05, 0) is 22.0 Å². The standard InChI is InChI=1S/C8H10BrNO2/c9-7-3-6(4-10-5-7)8(12)1-2-11/h3-5,8,11-12H,1-2H2. The number of pyridine rings is 1. The largest absolute Gasteiger partial charge is 0.396 e. The summed E-state index contributed by atoms with van der Waals surface area (Å²) in [4.78, 5) is 3.90. The Hall–Kier alpha value is -0.450. The van der Waals surface area contributed by atoms with Gasteiger partial charge in [-0.25, -0.2) is 0 Å². The number of aromatic nitrogens is 1. The highest BCUT2D eigenvalue weighted by Crippen LogP contribution is 2.18. The lowest BCUT2D eigenvalue weighted by molar-refractivity contribution is 0.134. The fraction of sp³-hybridized carbons (Fsp3) is 0.375. The van der Waals surface area contributed by atoms with Gasteiger partial charge in [0, 0.05) is 35.5 Å². The molecule has 66 valence electrons. The molecule has 0 aliphatic heterocycles. The molecule has 0 bridgehead atoms. The van der Waals surface area contributed by atoms with Crippen LogP contribution in [0.4, 0.5) is 0 Å². The maximum Gasteiger partial charge on any atom is 0.0827 e. The minimum absolute atomic E-state index is 0.0202. The summed E-state index contributed by atoms with van der Waals surface area (Å²) in [6, 6.07) is 1.79. The molecular weight excluding hydrogens is 222 g/mol. The molecule has 0 aromatic carbocycles. The zero-order valence-electron chi connectivity index (χ0n) is 6.44. The van der Waals surface area contributed by atoms with Crippen LogP contribution in [0.5, 0.6) is 0 Å². The third-order valence-corrected chi connectivity index (χ3v) is 1.95. The summed E-state index contributed by atoms with van der Waals surface area (Å²) < 4.78 is 0.831. The highest BCUT2D eigenvalue weighted by molar-refractivity contribution is 9.10. The topological polar surface area (TPSA) is 53.4 Å². The van der Waals surface area contributed by atoms with Crippen LogP contribution in [0.3, 0.4) is 0 Å². The second-order valence-corrected chi connectivity index (χ2v) is 3.38. The average molecular weight is 232 g/mol. The Morgan fingerprint density at radius 1 is 1.50 bits per heavy atom. The molecule has 2 N–H and O–H groups in total. The van der Waals surface area contributed by atoms with E-state index in [0.29, 0.717) is 6.42 Å². The Bertz CT molecular complexity index is 255. The predicted molar refractivity (Wildman–Crippen MR) is 48.6 cm³/mol. The van der Waals surface area contributed by atoms with Gasteiger partial charge in [-0.15, -0.1) is 0 Å². The maximum absolute atomic E-state index is 9.42. The second kappa shape index (κ2) is 4.54. The van der Waals surface area contributed by atoms with Crippen LogP contribution in [0.2, 0.25) is 0 Å². The summed E-state index contributed by atoms with van der Waals surface area (Å²) in [6.07, 6.45) is 2.96. The number of aliphatic hydroxyl groups is 2. The van der Waals surface area contributed by atoms with E-state index < -0.39 is 6.10 Å². The lowest BCUT2D eigenvalue weighted by Crippen LogP contribution is -2.00. The third kappa shape index (κ3) is 2.55. The molecule has 12 heavy (non-hydrogen) atoms. The van der Waals surface area contributed by atoms with Crippen LogP contribution >= 0.6 is 15.9 Å². The molecule has 0 aliphatic carbocycles. The molecule has 1 aromatic heterocycles. The van der Waals surface area contributed by atoms with Crippen LogP contribution in [0.25, 0.3) is 0 Å². The van der Waals surface area contributed by atoms with E-state index in [1.54, 1.807) is 18.5 Å². The molecule has 0 radical (unpaired) electrons. The first-order valence-corrected chi connectivity index (χ1v) is 4.42. The minimum atomic E-state index is -0.625. The molecule has 1 atom stereocenters. The molecule has 0 saturated carbocycles. The Kier molecular flexibility index (Phi) is 3.65. The summed E-state index contributed by atoms with van der Waals surface area (Å²) in [5.41, 5.74) is 0.721. The first kappa shape index (κ1) is 9.64. The third-order valence-electron chi connectivity index (χ3n) is 1.51. The van der Waals surface area contributed by atoms with E-state index in [-0.39, 0.29) is 6.61 Å². The molecule has 0 amide bonds. The number of halogens is 1. The van der Waals surface area contributed by atoms with Crippen LogP contribution in [0.15, 0.2) is 22.9 Å². The fourth-order valence-corrected chi connectivity index (χ4v) is 1.28. The van der Waals surface area contributed by atoms with Crippen molar-refractivity contribution in [2.75, 3.05) is 6.61 Å². The Morgan fingerprint density at radius 3 is 2.83 bits per heavy atom. The molecule has 4 heteroatoms. The van der Waals surface area contributed by atoms with Crippen molar-refractivity contribution in [3.63, 3.8) is 0 Å². The van der Waals surface area contributed by atoms with Crippen LogP contribution < -0.4 is 0 Å². The highest BCUT2D eigenvalue weighted by atomic mass is 79.9. The molecule has 0 spiro atoms. The Labute approximate surface area is 79.2 Å². The summed E-state index contributed by atoms with van der Waals surface area (Å²) in [5, 5.41) is 18.0. The molecule has 0 saturated heterocycles. The smallest absolute Gasteiger partial charge is 0.0827 e. The molecule has 1 aromatic rings. The number of rotatable bonds is 3. The summed E-state index contributed by atoms with van der Waals surface area (Å²) in [6.45, 7) is -0.0202. The van der Waals surface area contributed by atoms with Gasteiger partial charge in [0.05, 0.1) is 6.10 Å². The maximum atomic E-state index is 9.42. The van der Waals surface area contributed by atoms with Gasteiger partial charge in [0.2, 0.25) is 0 Å². The minimum Gasteiger partial charge on any atom is -0.396 e.